The highest BCUT2D eigenvalue weighted by molar-refractivity contribution is 4.94. The second kappa shape index (κ2) is 4.97. The first-order valence-electron chi connectivity index (χ1n) is 5.81. The molecule has 2 rings (SSSR count). The number of likely N-dealkylation sites (tertiary alicyclic amines) is 1. The van der Waals surface area contributed by atoms with Gasteiger partial charge in [0.05, 0.1) is 0 Å². The van der Waals surface area contributed by atoms with E-state index in [1.807, 2.05) is 13.8 Å². The second-order valence-electron chi connectivity index (χ2n) is 3.98. The molecular formula is C11H24N2. The molecule has 0 amide bonds. The molecule has 1 saturated heterocycles. The summed E-state index contributed by atoms with van der Waals surface area (Å²) in [5.41, 5.74) is 6.04. The lowest BCUT2D eigenvalue weighted by atomic mass is 9.94. The molecule has 2 aliphatic rings. The summed E-state index contributed by atoms with van der Waals surface area (Å²) in [5.74, 6) is 0.850. The minimum Gasteiger partial charge on any atom is -0.326 e. The van der Waals surface area contributed by atoms with Crippen LogP contribution in [-0.4, -0.2) is 30.1 Å². The number of hydrogen-bond donors (Lipinski definition) is 1. The molecule has 1 aliphatic heterocycles. The van der Waals surface area contributed by atoms with Gasteiger partial charge in [0.15, 0.2) is 0 Å². The SMILES string of the molecule is CC.CCN1CC(N)C2CCC1C2. The van der Waals surface area contributed by atoms with Gasteiger partial charge in [-0.05, 0) is 31.7 Å². The van der Waals surface area contributed by atoms with E-state index in [2.05, 4.69) is 11.8 Å². The number of hydrogen-bond acceptors (Lipinski definition) is 2. The van der Waals surface area contributed by atoms with E-state index in [0.717, 1.165) is 18.5 Å². The average molecular weight is 184 g/mol. The van der Waals surface area contributed by atoms with Crippen LogP contribution in [0.4, 0.5) is 0 Å². The molecule has 1 aliphatic carbocycles. The van der Waals surface area contributed by atoms with Crippen molar-refractivity contribution in [2.45, 2.75) is 52.1 Å². The minimum absolute atomic E-state index is 0.466. The van der Waals surface area contributed by atoms with Crippen LogP contribution in [0.1, 0.15) is 40.0 Å². The third kappa shape index (κ3) is 2.23. The highest BCUT2D eigenvalue weighted by Crippen LogP contribution is 2.35. The van der Waals surface area contributed by atoms with Crippen LogP contribution in [0, 0.1) is 5.92 Å². The molecule has 13 heavy (non-hydrogen) atoms. The van der Waals surface area contributed by atoms with Gasteiger partial charge < -0.3 is 5.73 Å². The Hall–Kier alpha value is -0.0800. The Labute approximate surface area is 82.5 Å². The van der Waals surface area contributed by atoms with Crippen molar-refractivity contribution in [3.05, 3.63) is 0 Å². The van der Waals surface area contributed by atoms with Crippen molar-refractivity contribution in [1.29, 1.82) is 0 Å². The zero-order chi connectivity index (χ0) is 9.84. The number of likely N-dealkylation sites (N-methyl/N-ethyl adjacent to an activating group) is 1. The van der Waals surface area contributed by atoms with Gasteiger partial charge in [-0.1, -0.05) is 20.8 Å². The highest BCUT2D eigenvalue weighted by atomic mass is 15.2. The van der Waals surface area contributed by atoms with Crippen LogP contribution in [-0.2, 0) is 0 Å². The van der Waals surface area contributed by atoms with Crippen LogP contribution >= 0.6 is 0 Å². The van der Waals surface area contributed by atoms with Crippen molar-refractivity contribution in [2.24, 2.45) is 11.7 Å². The fourth-order valence-electron chi connectivity index (χ4n) is 2.67. The summed E-state index contributed by atoms with van der Waals surface area (Å²) in [7, 11) is 0. The number of fused-ring (bicyclic) bond motifs is 2. The third-order valence-corrected chi connectivity index (χ3v) is 3.42. The molecule has 3 atom stereocenters. The maximum atomic E-state index is 6.04. The van der Waals surface area contributed by atoms with Gasteiger partial charge in [0.1, 0.15) is 0 Å². The Bertz CT molecular complexity index is 147. The first-order valence-corrected chi connectivity index (χ1v) is 5.81. The average Bonchev–Trinajstić information content (AvgIpc) is 2.61. The minimum atomic E-state index is 0.466. The van der Waals surface area contributed by atoms with E-state index in [1.165, 1.54) is 25.8 Å². The first kappa shape index (κ1) is 11.0. The Morgan fingerprint density at radius 1 is 1.31 bits per heavy atom. The van der Waals surface area contributed by atoms with Crippen LogP contribution in [0.3, 0.4) is 0 Å². The highest BCUT2D eigenvalue weighted by Gasteiger charge is 2.37. The predicted molar refractivity (Wildman–Crippen MR) is 57.7 cm³/mol. The van der Waals surface area contributed by atoms with Crippen molar-refractivity contribution in [2.75, 3.05) is 13.1 Å². The van der Waals surface area contributed by atoms with Crippen LogP contribution < -0.4 is 5.73 Å². The molecule has 0 radical (unpaired) electrons. The summed E-state index contributed by atoms with van der Waals surface area (Å²) in [6.07, 6.45) is 4.14. The molecule has 0 spiro atoms. The monoisotopic (exact) mass is 184 g/mol. The largest absolute Gasteiger partial charge is 0.326 e. The fourth-order valence-corrected chi connectivity index (χ4v) is 2.67. The lowest BCUT2D eigenvalue weighted by Crippen LogP contribution is -2.49. The lowest BCUT2D eigenvalue weighted by Gasteiger charge is -2.36. The van der Waals surface area contributed by atoms with Gasteiger partial charge in [0.25, 0.3) is 0 Å². The van der Waals surface area contributed by atoms with Crippen molar-refractivity contribution in [1.82, 2.24) is 4.90 Å². The normalized spacial score (nSPS) is 38.3. The Kier molecular flexibility index (Phi) is 4.20. The molecule has 2 bridgehead atoms. The number of rotatable bonds is 1. The van der Waals surface area contributed by atoms with Crippen LogP contribution in [0.5, 0.6) is 0 Å². The van der Waals surface area contributed by atoms with Crippen molar-refractivity contribution < 1.29 is 0 Å². The lowest BCUT2D eigenvalue weighted by molar-refractivity contribution is 0.146. The summed E-state index contributed by atoms with van der Waals surface area (Å²) >= 11 is 0. The molecule has 1 saturated carbocycles. The summed E-state index contributed by atoms with van der Waals surface area (Å²) < 4.78 is 0. The van der Waals surface area contributed by atoms with Crippen molar-refractivity contribution >= 4 is 0 Å². The van der Waals surface area contributed by atoms with Crippen LogP contribution in [0.2, 0.25) is 0 Å². The van der Waals surface area contributed by atoms with E-state index in [-0.39, 0.29) is 0 Å². The molecule has 78 valence electrons. The number of nitrogens with two attached hydrogens (primary N) is 1. The fraction of sp³-hybridized carbons (Fsp3) is 1.00. The Morgan fingerprint density at radius 3 is 2.62 bits per heavy atom. The molecule has 0 aromatic rings. The van der Waals surface area contributed by atoms with E-state index in [1.54, 1.807) is 0 Å². The Morgan fingerprint density at radius 2 is 2.00 bits per heavy atom. The van der Waals surface area contributed by atoms with E-state index in [4.69, 9.17) is 5.73 Å². The molecule has 2 heteroatoms. The summed E-state index contributed by atoms with van der Waals surface area (Å²) in [4.78, 5) is 2.55. The third-order valence-electron chi connectivity index (χ3n) is 3.42. The second-order valence-corrected chi connectivity index (χ2v) is 3.98. The number of nitrogens with zero attached hydrogens (tertiary/aromatic N) is 1. The van der Waals surface area contributed by atoms with Gasteiger partial charge in [0, 0.05) is 18.6 Å². The molecular weight excluding hydrogens is 160 g/mol. The summed E-state index contributed by atoms with van der Waals surface area (Å²) in [6, 6.07) is 1.35. The van der Waals surface area contributed by atoms with Crippen LogP contribution in [0.15, 0.2) is 0 Å². The molecule has 2 N–H and O–H groups in total. The molecule has 3 unspecified atom stereocenters. The van der Waals surface area contributed by atoms with Gasteiger partial charge in [-0.3, -0.25) is 4.90 Å². The molecule has 1 heterocycles. The standard InChI is InChI=1S/C9H18N2.C2H6/c1-2-11-6-9(10)7-3-4-8(11)5-7;1-2/h7-9H,2-6,10H2,1H3;1-2H3. The van der Waals surface area contributed by atoms with E-state index in [9.17, 15) is 0 Å². The van der Waals surface area contributed by atoms with Gasteiger partial charge in [-0.25, -0.2) is 0 Å². The van der Waals surface area contributed by atoms with Gasteiger partial charge in [-0.15, -0.1) is 0 Å². The smallest absolute Gasteiger partial charge is 0.0197 e. The first-order chi connectivity index (χ1) is 6.31. The summed E-state index contributed by atoms with van der Waals surface area (Å²) in [6.45, 7) is 8.57. The quantitative estimate of drug-likeness (QED) is 0.674. The van der Waals surface area contributed by atoms with Gasteiger partial charge >= 0.3 is 0 Å². The maximum absolute atomic E-state index is 6.04. The topological polar surface area (TPSA) is 29.3 Å². The van der Waals surface area contributed by atoms with Gasteiger partial charge in [0.2, 0.25) is 0 Å². The van der Waals surface area contributed by atoms with Gasteiger partial charge in [-0.2, -0.15) is 0 Å². The zero-order valence-corrected chi connectivity index (χ0v) is 9.29. The summed E-state index contributed by atoms with van der Waals surface area (Å²) in [5, 5.41) is 0. The predicted octanol–water partition coefficient (Wildman–Crippen LogP) is 1.84. The van der Waals surface area contributed by atoms with E-state index in [0.29, 0.717) is 6.04 Å². The Balaban J connectivity index is 0.000000396. The molecule has 0 aromatic heterocycles. The molecule has 2 fully saturated rings. The van der Waals surface area contributed by atoms with E-state index < -0.39 is 0 Å². The molecule has 0 aromatic carbocycles. The van der Waals surface area contributed by atoms with Crippen molar-refractivity contribution in [3.8, 4) is 0 Å². The maximum Gasteiger partial charge on any atom is 0.0197 e. The van der Waals surface area contributed by atoms with E-state index >= 15 is 0 Å². The van der Waals surface area contributed by atoms with Crippen LogP contribution in [0.25, 0.3) is 0 Å². The number of piperidine rings is 1. The zero-order valence-electron chi connectivity index (χ0n) is 9.29. The molecule has 2 nitrogen and oxygen atoms in total. The van der Waals surface area contributed by atoms with Crippen molar-refractivity contribution in [3.63, 3.8) is 0 Å².